The molecule has 38 heavy (non-hydrogen) atoms. The number of carbonyl (C=O) groups excluding carboxylic acids is 4. The van der Waals surface area contributed by atoms with Crippen molar-refractivity contribution in [3.8, 4) is 5.75 Å². The number of amides is 4. The van der Waals surface area contributed by atoms with Crippen LogP contribution in [0.4, 0.5) is 0 Å². The minimum Gasteiger partial charge on any atom is -0.508 e. The number of phenols is 1. The minimum absolute atomic E-state index is 0.0122. The number of aromatic hydroxyl groups is 1. The summed E-state index contributed by atoms with van der Waals surface area (Å²) >= 11 is 0. The van der Waals surface area contributed by atoms with Gasteiger partial charge in [-0.05, 0) is 48.8 Å². The van der Waals surface area contributed by atoms with E-state index in [9.17, 15) is 34.2 Å². The van der Waals surface area contributed by atoms with Crippen LogP contribution < -0.4 is 27.4 Å². The van der Waals surface area contributed by atoms with Crippen molar-refractivity contribution in [3.05, 3.63) is 29.8 Å². The monoisotopic (exact) mass is 535 g/mol. The Balaban J connectivity index is 3.13. The maximum Gasteiger partial charge on any atom is 0.326 e. The third kappa shape index (κ3) is 12.0. The van der Waals surface area contributed by atoms with Gasteiger partial charge in [0.05, 0.1) is 6.04 Å². The number of phenolic OH excluding ortho intramolecular Hbond substituents is 1. The molecule has 4 amide bonds. The van der Waals surface area contributed by atoms with Gasteiger partial charge in [-0.1, -0.05) is 39.8 Å². The number of nitrogens with two attached hydrogens (primary N) is 2. The van der Waals surface area contributed by atoms with Crippen molar-refractivity contribution in [3.63, 3.8) is 0 Å². The smallest absolute Gasteiger partial charge is 0.326 e. The van der Waals surface area contributed by atoms with E-state index in [1.54, 1.807) is 12.1 Å². The summed E-state index contributed by atoms with van der Waals surface area (Å²) < 4.78 is 0. The number of hydrogen-bond acceptors (Lipinski definition) is 7. The highest BCUT2D eigenvalue weighted by molar-refractivity contribution is 5.94. The van der Waals surface area contributed by atoms with E-state index in [-0.39, 0.29) is 49.7 Å². The number of nitrogens with one attached hydrogen (secondary N) is 3. The summed E-state index contributed by atoms with van der Waals surface area (Å²) in [4.78, 5) is 61.8. The quantitative estimate of drug-likeness (QED) is 0.154. The minimum atomic E-state index is -1.18. The van der Waals surface area contributed by atoms with Crippen molar-refractivity contribution in [2.24, 2.45) is 23.3 Å². The van der Waals surface area contributed by atoms with Crippen molar-refractivity contribution >= 4 is 29.6 Å². The summed E-state index contributed by atoms with van der Waals surface area (Å²) in [7, 11) is 0. The Morgan fingerprint density at radius 2 is 1.26 bits per heavy atom. The predicted octanol–water partition coefficient (Wildman–Crippen LogP) is 0.159. The molecule has 0 aliphatic rings. The molecule has 0 aromatic heterocycles. The lowest BCUT2D eigenvalue weighted by Crippen LogP contribution is -2.58. The van der Waals surface area contributed by atoms with Crippen LogP contribution in [-0.2, 0) is 30.4 Å². The Bertz CT molecular complexity index is 965. The summed E-state index contributed by atoms with van der Waals surface area (Å²) in [6.07, 6.45) is 0.331. The van der Waals surface area contributed by atoms with Crippen LogP contribution in [0.25, 0.3) is 0 Å². The van der Waals surface area contributed by atoms with Gasteiger partial charge in [0.25, 0.3) is 0 Å². The van der Waals surface area contributed by atoms with Gasteiger partial charge in [-0.15, -0.1) is 0 Å². The van der Waals surface area contributed by atoms with Gasteiger partial charge < -0.3 is 37.6 Å². The normalized spacial score (nSPS) is 14.3. The van der Waals surface area contributed by atoms with E-state index < -0.39 is 53.8 Å². The fourth-order valence-corrected chi connectivity index (χ4v) is 3.73. The standard InChI is InChI=1S/C26H41N5O7/c1-14(2)11-19(24(35)31-21(26(37)38)12-15(3)4)30-25(36)20(13-16-5-7-17(32)8-6-16)29-23(34)18(27)9-10-22(28)33/h5-8,14-15,18-21,32H,9-13,27H2,1-4H3,(H2,28,33)(H,29,34)(H,30,36)(H,31,35)(H,37,38). The molecular weight excluding hydrogens is 494 g/mol. The molecular formula is C26H41N5O7. The van der Waals surface area contributed by atoms with Crippen molar-refractivity contribution in [1.29, 1.82) is 0 Å². The molecule has 12 heteroatoms. The first-order chi connectivity index (χ1) is 17.7. The zero-order valence-electron chi connectivity index (χ0n) is 22.4. The largest absolute Gasteiger partial charge is 0.508 e. The number of primary amides is 1. The molecule has 0 bridgehead atoms. The predicted molar refractivity (Wildman–Crippen MR) is 141 cm³/mol. The SMILES string of the molecule is CC(C)CC(NC(=O)C(CC(C)C)NC(=O)C(Cc1ccc(O)cc1)NC(=O)C(N)CCC(N)=O)C(=O)O. The van der Waals surface area contributed by atoms with E-state index in [1.807, 2.05) is 27.7 Å². The molecule has 1 aromatic carbocycles. The molecule has 12 nitrogen and oxygen atoms in total. The van der Waals surface area contributed by atoms with Gasteiger partial charge in [0.2, 0.25) is 23.6 Å². The van der Waals surface area contributed by atoms with Gasteiger partial charge in [0.1, 0.15) is 23.9 Å². The molecule has 9 N–H and O–H groups in total. The number of hydrogen-bond donors (Lipinski definition) is 7. The van der Waals surface area contributed by atoms with Crippen LogP contribution in [0.5, 0.6) is 5.75 Å². The van der Waals surface area contributed by atoms with Crippen LogP contribution in [0.1, 0.15) is 58.9 Å². The fourth-order valence-electron chi connectivity index (χ4n) is 3.73. The summed E-state index contributed by atoms with van der Waals surface area (Å²) in [6, 6.07) is 1.59. The third-order valence-corrected chi connectivity index (χ3v) is 5.71. The average Bonchev–Trinajstić information content (AvgIpc) is 2.81. The highest BCUT2D eigenvalue weighted by atomic mass is 16.4. The zero-order valence-corrected chi connectivity index (χ0v) is 22.4. The molecule has 0 radical (unpaired) electrons. The molecule has 0 saturated carbocycles. The molecule has 0 aliphatic heterocycles. The van der Waals surface area contributed by atoms with Crippen molar-refractivity contribution in [2.75, 3.05) is 0 Å². The van der Waals surface area contributed by atoms with Gasteiger partial charge in [0, 0.05) is 12.8 Å². The van der Waals surface area contributed by atoms with E-state index in [0.29, 0.717) is 5.56 Å². The number of carbonyl (C=O) groups is 5. The molecule has 4 atom stereocenters. The second-order valence-electron chi connectivity index (χ2n) is 10.3. The van der Waals surface area contributed by atoms with Gasteiger partial charge in [-0.25, -0.2) is 4.79 Å². The molecule has 1 aromatic rings. The van der Waals surface area contributed by atoms with Gasteiger partial charge >= 0.3 is 5.97 Å². The van der Waals surface area contributed by atoms with Crippen LogP contribution in [0, 0.1) is 11.8 Å². The first-order valence-corrected chi connectivity index (χ1v) is 12.6. The highest BCUT2D eigenvalue weighted by Crippen LogP contribution is 2.13. The molecule has 1 rings (SSSR count). The Labute approximate surface area is 222 Å². The molecule has 0 saturated heterocycles. The fraction of sp³-hybridized carbons (Fsp3) is 0.577. The summed E-state index contributed by atoms with van der Waals surface area (Å²) in [6.45, 7) is 7.37. The lowest BCUT2D eigenvalue weighted by Gasteiger charge is -2.26. The number of rotatable bonds is 16. The Hall–Kier alpha value is -3.67. The van der Waals surface area contributed by atoms with Crippen LogP contribution >= 0.6 is 0 Å². The molecule has 212 valence electrons. The first kappa shape index (κ1) is 32.4. The second kappa shape index (κ2) is 15.6. The zero-order chi connectivity index (χ0) is 29.0. The first-order valence-electron chi connectivity index (χ1n) is 12.6. The van der Waals surface area contributed by atoms with E-state index in [2.05, 4.69) is 16.0 Å². The topological polar surface area (TPSA) is 214 Å². The van der Waals surface area contributed by atoms with Crippen LogP contribution in [-0.4, -0.2) is 64.0 Å². The summed E-state index contributed by atoms with van der Waals surface area (Å²) in [5.41, 5.74) is 11.6. The van der Waals surface area contributed by atoms with E-state index >= 15 is 0 Å². The molecule has 4 unspecified atom stereocenters. The number of aliphatic carboxylic acids is 1. The number of benzene rings is 1. The molecule has 0 aliphatic carbocycles. The van der Waals surface area contributed by atoms with Crippen molar-refractivity contribution in [1.82, 2.24) is 16.0 Å². The van der Waals surface area contributed by atoms with Crippen molar-refractivity contribution < 1.29 is 34.2 Å². The summed E-state index contributed by atoms with van der Waals surface area (Å²) in [5, 5.41) is 26.8. The number of carboxylic acids is 1. The maximum atomic E-state index is 13.3. The lowest BCUT2D eigenvalue weighted by atomic mass is 9.99. The molecule has 0 heterocycles. The second-order valence-corrected chi connectivity index (χ2v) is 10.3. The Morgan fingerprint density at radius 1 is 0.789 bits per heavy atom. The molecule has 0 fully saturated rings. The van der Waals surface area contributed by atoms with Crippen LogP contribution in [0.3, 0.4) is 0 Å². The van der Waals surface area contributed by atoms with Gasteiger partial charge in [0.15, 0.2) is 0 Å². The Kier molecular flexibility index (Phi) is 13.2. The van der Waals surface area contributed by atoms with Crippen molar-refractivity contribution in [2.45, 2.75) is 84.0 Å². The van der Waals surface area contributed by atoms with Crippen LogP contribution in [0.15, 0.2) is 24.3 Å². The highest BCUT2D eigenvalue weighted by Gasteiger charge is 2.31. The summed E-state index contributed by atoms with van der Waals surface area (Å²) in [5.74, 6) is -3.79. The third-order valence-electron chi connectivity index (χ3n) is 5.71. The van der Waals surface area contributed by atoms with Gasteiger partial charge in [-0.2, -0.15) is 0 Å². The molecule has 0 spiro atoms. The Morgan fingerprint density at radius 3 is 1.76 bits per heavy atom. The lowest BCUT2D eigenvalue weighted by molar-refractivity contribution is -0.143. The van der Waals surface area contributed by atoms with Crippen LogP contribution in [0.2, 0.25) is 0 Å². The average molecular weight is 536 g/mol. The van der Waals surface area contributed by atoms with Gasteiger partial charge in [-0.3, -0.25) is 19.2 Å². The van der Waals surface area contributed by atoms with E-state index in [0.717, 1.165) is 0 Å². The van der Waals surface area contributed by atoms with E-state index in [4.69, 9.17) is 11.5 Å². The van der Waals surface area contributed by atoms with E-state index in [1.165, 1.54) is 12.1 Å². The number of carboxylic acid groups (broad SMARTS) is 1. The maximum absolute atomic E-state index is 13.3.